The molecule has 0 aromatic heterocycles. The van der Waals surface area contributed by atoms with Gasteiger partial charge in [0.1, 0.15) is 5.82 Å². The summed E-state index contributed by atoms with van der Waals surface area (Å²) in [7, 11) is -9.44. The summed E-state index contributed by atoms with van der Waals surface area (Å²) < 4.78 is 71.0. The van der Waals surface area contributed by atoms with Crippen molar-refractivity contribution >= 4 is 38.1 Å². The molecule has 3 aromatic carbocycles. The van der Waals surface area contributed by atoms with Gasteiger partial charge >= 0.3 is 32.5 Å². The van der Waals surface area contributed by atoms with Crippen LogP contribution in [0.3, 0.4) is 0 Å². The molecule has 47 heavy (non-hydrogen) atoms. The lowest BCUT2D eigenvalue weighted by Gasteiger charge is -2.37. The van der Waals surface area contributed by atoms with E-state index in [4.69, 9.17) is 9.32 Å². The maximum Gasteiger partial charge on any atom is 0.398 e. The van der Waals surface area contributed by atoms with Crippen molar-refractivity contribution in [3.05, 3.63) is 113 Å². The van der Waals surface area contributed by atoms with Crippen molar-refractivity contribution in [2.75, 3.05) is 13.1 Å². The number of nitrogens with one attached hydrogen (secondary N) is 1. The number of nitrogens with two attached hydrogens (primary N) is 1. The van der Waals surface area contributed by atoms with E-state index in [1.807, 2.05) is 44.2 Å². The maximum absolute atomic E-state index is 13.6. The zero-order chi connectivity index (χ0) is 34.2. The van der Waals surface area contributed by atoms with Crippen molar-refractivity contribution in [1.82, 2.24) is 14.7 Å². The van der Waals surface area contributed by atoms with E-state index in [0.29, 0.717) is 50.8 Å². The lowest BCUT2D eigenvalue weighted by Crippen LogP contribution is -2.50. The summed E-state index contributed by atoms with van der Waals surface area (Å²) in [5, 5.41) is 6.24. The topological polar surface area (TPSA) is 165 Å². The van der Waals surface area contributed by atoms with Crippen molar-refractivity contribution in [1.29, 1.82) is 0 Å². The van der Waals surface area contributed by atoms with E-state index in [9.17, 15) is 30.8 Å². The fraction of sp³-hybridized carbons (Fsp3) is 0.312. The fourth-order valence-corrected chi connectivity index (χ4v) is 6.37. The lowest BCUT2D eigenvalue weighted by atomic mass is 9.85. The second-order valence-electron chi connectivity index (χ2n) is 12.0. The molecule has 1 aliphatic rings. The molecule has 0 bridgehead atoms. The molecule has 0 amide bonds. The van der Waals surface area contributed by atoms with Gasteiger partial charge < -0.3 is 8.37 Å². The molecule has 1 fully saturated rings. The summed E-state index contributed by atoms with van der Waals surface area (Å²) in [6, 6.07) is 22.0. The number of rotatable bonds is 13. The molecule has 0 saturated carbocycles. The van der Waals surface area contributed by atoms with Gasteiger partial charge in [0.25, 0.3) is 0 Å². The quantitative estimate of drug-likeness (QED) is 0.254. The van der Waals surface area contributed by atoms with E-state index in [1.165, 1.54) is 29.3 Å². The average molecular weight is 689 g/mol. The number of nitrogens with zero attached hydrogens (tertiary/aromatic N) is 2. The maximum atomic E-state index is 13.6. The molecule has 12 nitrogen and oxygen atoms in total. The van der Waals surface area contributed by atoms with E-state index in [0.717, 1.165) is 17.5 Å². The standard InChI is InChI=1S/C32H37FN4O8S2/c1-32(2)16-7-17-37(23-32)35-47(42,43)45-31(39)29(19-30(38)44-46(34,40)41)27-11-6-10-26(18-27)22-36(20-24-8-4-3-5-9-24)21-25-12-14-28(33)15-13-25/h3-6,8-15,18-19,35H,7,16-17,20-23H2,1-2H3,(H2,34,40,41)/b29-19-. The van der Waals surface area contributed by atoms with Gasteiger partial charge in [-0.1, -0.05) is 74.5 Å². The van der Waals surface area contributed by atoms with Gasteiger partial charge in [-0.25, -0.2) is 19.0 Å². The molecular formula is C32H37FN4O8S2. The summed E-state index contributed by atoms with van der Waals surface area (Å²) in [6.07, 6.45) is 2.10. The Hall–Kier alpha value is -3.99. The van der Waals surface area contributed by atoms with Gasteiger partial charge in [0.05, 0.1) is 5.57 Å². The van der Waals surface area contributed by atoms with Gasteiger partial charge in [-0.05, 0) is 58.7 Å². The van der Waals surface area contributed by atoms with Gasteiger partial charge in [0, 0.05) is 38.8 Å². The van der Waals surface area contributed by atoms with Crippen LogP contribution in [0.1, 0.15) is 48.9 Å². The van der Waals surface area contributed by atoms with Crippen LogP contribution in [-0.4, -0.2) is 51.8 Å². The van der Waals surface area contributed by atoms with E-state index < -0.39 is 38.1 Å². The van der Waals surface area contributed by atoms with Crippen LogP contribution in [0.2, 0.25) is 0 Å². The fourth-order valence-electron chi connectivity index (χ4n) is 5.29. The second kappa shape index (κ2) is 15.3. The van der Waals surface area contributed by atoms with Crippen LogP contribution >= 0.6 is 0 Å². The highest BCUT2D eigenvalue weighted by molar-refractivity contribution is 7.85. The highest BCUT2D eigenvalue weighted by Gasteiger charge is 2.31. The third-order valence-electron chi connectivity index (χ3n) is 7.22. The Morgan fingerprint density at radius 3 is 2.17 bits per heavy atom. The molecule has 3 aromatic rings. The third-order valence-corrected chi connectivity index (χ3v) is 8.47. The smallest absolute Gasteiger partial charge is 0.330 e. The molecule has 0 atom stereocenters. The Kier molecular flexibility index (Phi) is 11.7. The van der Waals surface area contributed by atoms with Gasteiger partial charge in [-0.2, -0.15) is 22.0 Å². The monoisotopic (exact) mass is 688 g/mol. The number of piperidine rings is 1. The first-order valence-corrected chi connectivity index (χ1v) is 17.5. The van der Waals surface area contributed by atoms with E-state index in [2.05, 4.69) is 13.9 Å². The van der Waals surface area contributed by atoms with Gasteiger partial charge in [0.2, 0.25) is 0 Å². The van der Waals surface area contributed by atoms with Crippen LogP contribution in [0.5, 0.6) is 0 Å². The van der Waals surface area contributed by atoms with Crippen LogP contribution in [0.15, 0.2) is 84.9 Å². The summed E-state index contributed by atoms with van der Waals surface area (Å²) in [4.78, 5) is 30.0. The van der Waals surface area contributed by atoms with Crippen molar-refractivity contribution < 1.29 is 39.2 Å². The molecule has 0 spiro atoms. The molecule has 1 aliphatic heterocycles. The van der Waals surface area contributed by atoms with Crippen molar-refractivity contribution in [3.63, 3.8) is 0 Å². The zero-order valence-corrected chi connectivity index (χ0v) is 27.6. The third kappa shape index (κ3) is 12.0. The molecule has 0 unspecified atom stereocenters. The number of benzene rings is 3. The van der Waals surface area contributed by atoms with E-state index in [-0.39, 0.29) is 16.8 Å². The Bertz CT molecular complexity index is 1820. The number of hydrogen-bond donors (Lipinski definition) is 2. The molecule has 252 valence electrons. The number of hydrogen-bond acceptors (Lipinski definition) is 10. The molecule has 0 aliphatic carbocycles. The zero-order valence-electron chi connectivity index (χ0n) is 26.0. The van der Waals surface area contributed by atoms with Gasteiger partial charge in [-0.15, -0.1) is 4.83 Å². The van der Waals surface area contributed by atoms with Crippen LogP contribution in [-0.2, 0) is 58.2 Å². The molecule has 1 saturated heterocycles. The first kappa shape index (κ1) is 35.9. The van der Waals surface area contributed by atoms with E-state index >= 15 is 0 Å². The van der Waals surface area contributed by atoms with Gasteiger partial charge in [-0.3, -0.25) is 4.90 Å². The predicted molar refractivity (Wildman–Crippen MR) is 172 cm³/mol. The van der Waals surface area contributed by atoms with Crippen molar-refractivity contribution in [3.8, 4) is 0 Å². The normalized spacial score (nSPS) is 15.7. The molecule has 4 rings (SSSR count). The molecular weight excluding hydrogens is 652 g/mol. The molecule has 1 heterocycles. The molecule has 3 N–H and O–H groups in total. The highest BCUT2D eigenvalue weighted by atomic mass is 32.2. The Morgan fingerprint density at radius 1 is 0.915 bits per heavy atom. The second-order valence-corrected chi connectivity index (χ2v) is 14.4. The van der Waals surface area contributed by atoms with Crippen molar-refractivity contribution in [2.45, 2.75) is 46.3 Å². The van der Waals surface area contributed by atoms with Crippen LogP contribution in [0.25, 0.3) is 5.57 Å². The number of halogens is 1. The minimum Gasteiger partial charge on any atom is -0.330 e. The summed E-state index contributed by atoms with van der Waals surface area (Å²) >= 11 is 0. The minimum absolute atomic E-state index is 0.0506. The largest absolute Gasteiger partial charge is 0.398 e. The Morgan fingerprint density at radius 2 is 1.53 bits per heavy atom. The average Bonchev–Trinajstić information content (AvgIpc) is 2.96. The SMILES string of the molecule is CC1(C)CCCN(NS(=O)(=O)OC(=O)/C(=C\C(=O)OS(N)(=O)=O)c2cccc(CN(Cc3ccccc3)Cc3ccc(F)cc3)c2)C1. The molecule has 15 heteroatoms. The molecule has 0 radical (unpaired) electrons. The summed E-state index contributed by atoms with van der Waals surface area (Å²) in [6.45, 7) is 5.97. The lowest BCUT2D eigenvalue weighted by molar-refractivity contribution is -0.130. The number of hydrazine groups is 1. The Labute approximate surface area is 274 Å². The van der Waals surface area contributed by atoms with E-state index in [1.54, 1.807) is 24.3 Å². The summed E-state index contributed by atoms with van der Waals surface area (Å²) in [5.74, 6) is -3.35. The van der Waals surface area contributed by atoms with Crippen LogP contribution in [0.4, 0.5) is 4.39 Å². The summed E-state index contributed by atoms with van der Waals surface area (Å²) in [5.41, 5.74) is 1.79. The minimum atomic E-state index is -4.74. The first-order chi connectivity index (χ1) is 22.1. The van der Waals surface area contributed by atoms with Crippen LogP contribution < -0.4 is 9.97 Å². The van der Waals surface area contributed by atoms with Crippen LogP contribution in [0, 0.1) is 11.2 Å². The first-order valence-electron chi connectivity index (χ1n) is 14.6. The highest BCUT2D eigenvalue weighted by Crippen LogP contribution is 2.28. The van der Waals surface area contributed by atoms with Gasteiger partial charge in [0.15, 0.2) is 0 Å². The number of carbonyl (C=O) groups is 2. The predicted octanol–water partition coefficient (Wildman–Crippen LogP) is 3.57. The number of carbonyl (C=O) groups excluding carboxylic acids is 2. The van der Waals surface area contributed by atoms with Crippen molar-refractivity contribution in [2.24, 2.45) is 10.6 Å². The Balaban J connectivity index is 1.61.